The van der Waals surface area contributed by atoms with Gasteiger partial charge in [0.2, 0.25) is 0 Å². The van der Waals surface area contributed by atoms with Gasteiger partial charge in [-0.3, -0.25) is 4.79 Å². The average Bonchev–Trinajstić information content (AvgIpc) is 3.00. The molecule has 0 saturated heterocycles. The lowest BCUT2D eigenvalue weighted by atomic mass is 9.96. The molecule has 0 radical (unpaired) electrons. The van der Waals surface area contributed by atoms with Crippen molar-refractivity contribution in [2.75, 3.05) is 13.7 Å². The van der Waals surface area contributed by atoms with Gasteiger partial charge in [0.25, 0.3) is 5.56 Å². The van der Waals surface area contributed by atoms with Crippen molar-refractivity contribution in [3.8, 4) is 28.6 Å². The monoisotopic (exact) mass is 657 g/mol. The first-order valence-corrected chi connectivity index (χ1v) is 15.1. The first kappa shape index (κ1) is 30.9. The fourth-order valence-corrected chi connectivity index (χ4v) is 5.33. The summed E-state index contributed by atoms with van der Waals surface area (Å²) in [6, 6.07) is 21.0. The normalized spacial score (nSPS) is 11.5. The van der Waals surface area contributed by atoms with E-state index in [9.17, 15) is 9.18 Å². The Balaban J connectivity index is 1.59. The topological polar surface area (TPSA) is 74.9 Å². The highest BCUT2D eigenvalue weighted by atomic mass is 79.9. The molecule has 9 heteroatoms. The third-order valence-corrected chi connectivity index (χ3v) is 7.84. The summed E-state index contributed by atoms with van der Waals surface area (Å²) in [5.74, 6) is 2.02. The van der Waals surface area contributed by atoms with Gasteiger partial charge in [-0.2, -0.15) is 9.78 Å². The summed E-state index contributed by atoms with van der Waals surface area (Å²) in [7, 11) is 1.54. The van der Waals surface area contributed by atoms with Crippen LogP contribution in [0.3, 0.4) is 0 Å². The zero-order valence-electron chi connectivity index (χ0n) is 25.2. The van der Waals surface area contributed by atoms with Crippen molar-refractivity contribution in [1.82, 2.24) is 9.66 Å². The van der Waals surface area contributed by atoms with E-state index in [1.165, 1.54) is 23.9 Å². The molecule has 4 aromatic carbocycles. The maximum absolute atomic E-state index is 13.9. The molecule has 1 heterocycles. The van der Waals surface area contributed by atoms with E-state index < -0.39 is 0 Å². The van der Waals surface area contributed by atoms with Crippen molar-refractivity contribution < 1.29 is 18.6 Å². The van der Waals surface area contributed by atoms with Gasteiger partial charge < -0.3 is 14.2 Å². The summed E-state index contributed by atoms with van der Waals surface area (Å²) in [6.07, 6.45) is 1.58. The van der Waals surface area contributed by atoms with E-state index in [0.29, 0.717) is 50.4 Å². The number of nitrogens with zero attached hydrogens (tertiary/aromatic N) is 3. The van der Waals surface area contributed by atoms with E-state index in [-0.39, 0.29) is 23.9 Å². The second kappa shape index (κ2) is 13.4. The largest absolute Gasteiger partial charge is 0.494 e. The molecule has 0 saturated carbocycles. The van der Waals surface area contributed by atoms with E-state index in [2.05, 4.69) is 34.9 Å². The minimum absolute atomic E-state index is 0.162. The van der Waals surface area contributed by atoms with Crippen LogP contribution in [-0.4, -0.2) is 29.6 Å². The molecule has 1 aromatic heterocycles. The van der Waals surface area contributed by atoms with Crippen LogP contribution in [0.25, 0.3) is 22.3 Å². The summed E-state index contributed by atoms with van der Waals surface area (Å²) in [5, 5.41) is 5.12. The summed E-state index contributed by atoms with van der Waals surface area (Å²) < 4.78 is 33.1. The van der Waals surface area contributed by atoms with Crippen LogP contribution in [0.1, 0.15) is 48.9 Å². The van der Waals surface area contributed by atoms with Crippen molar-refractivity contribution in [2.45, 2.75) is 40.2 Å². The Kier molecular flexibility index (Phi) is 9.44. The van der Waals surface area contributed by atoms with Crippen LogP contribution in [-0.2, 0) is 6.61 Å². The molecule has 44 heavy (non-hydrogen) atoms. The zero-order valence-corrected chi connectivity index (χ0v) is 26.8. The molecule has 0 N–H and O–H groups in total. The van der Waals surface area contributed by atoms with Crippen molar-refractivity contribution >= 4 is 33.0 Å². The maximum atomic E-state index is 13.9. The summed E-state index contributed by atoms with van der Waals surface area (Å²) in [6.45, 7) is 8.85. The lowest BCUT2D eigenvalue weighted by Crippen LogP contribution is -2.21. The highest BCUT2D eigenvalue weighted by Crippen LogP contribution is 2.35. The number of rotatable bonds is 10. The number of hydrogen-bond donors (Lipinski definition) is 0. The van der Waals surface area contributed by atoms with Crippen molar-refractivity contribution in [1.29, 1.82) is 0 Å². The fourth-order valence-electron chi connectivity index (χ4n) is 4.91. The van der Waals surface area contributed by atoms with E-state index in [0.717, 1.165) is 22.4 Å². The summed E-state index contributed by atoms with van der Waals surface area (Å²) in [5.41, 5.74) is 4.35. The predicted molar refractivity (Wildman–Crippen MR) is 176 cm³/mol. The van der Waals surface area contributed by atoms with Crippen LogP contribution in [0.5, 0.6) is 17.2 Å². The van der Waals surface area contributed by atoms with Crippen LogP contribution >= 0.6 is 15.9 Å². The Labute approximate surface area is 264 Å². The zero-order chi connectivity index (χ0) is 31.4. The van der Waals surface area contributed by atoms with Crippen molar-refractivity contribution in [3.05, 3.63) is 116 Å². The second-order valence-corrected chi connectivity index (χ2v) is 11.4. The molecule has 0 bridgehead atoms. The molecule has 5 aromatic rings. The van der Waals surface area contributed by atoms with Gasteiger partial charge in [-0.05, 0) is 101 Å². The Morgan fingerprint density at radius 3 is 2.52 bits per heavy atom. The molecule has 7 nitrogen and oxygen atoms in total. The minimum Gasteiger partial charge on any atom is -0.494 e. The van der Waals surface area contributed by atoms with Gasteiger partial charge in [-0.15, -0.1) is 0 Å². The quantitative estimate of drug-likeness (QED) is 0.141. The molecule has 0 amide bonds. The van der Waals surface area contributed by atoms with Gasteiger partial charge in [0.15, 0.2) is 17.3 Å². The van der Waals surface area contributed by atoms with Crippen LogP contribution in [0, 0.1) is 12.7 Å². The van der Waals surface area contributed by atoms with Crippen LogP contribution in [0.2, 0.25) is 0 Å². The molecule has 0 aliphatic heterocycles. The number of methoxy groups -OCH3 is 1. The molecular weight excluding hydrogens is 625 g/mol. The van der Waals surface area contributed by atoms with Gasteiger partial charge in [0.1, 0.15) is 18.2 Å². The SMILES string of the molecule is CCOc1cc(C)c(-c2nc3ccccc3c(=O)n2N=Cc2cc(OC)c(OCc3cccc(F)c3)cc2Br)cc1C(C)C. The van der Waals surface area contributed by atoms with Crippen LogP contribution in [0.15, 0.2) is 87.2 Å². The van der Waals surface area contributed by atoms with E-state index in [1.807, 2.05) is 44.2 Å². The molecule has 0 aliphatic rings. The number of fused-ring (bicyclic) bond motifs is 1. The molecule has 0 fully saturated rings. The van der Waals surface area contributed by atoms with Gasteiger partial charge in [0.05, 0.1) is 30.8 Å². The molecule has 0 aliphatic carbocycles. The molecular formula is C35H33BrFN3O4. The first-order chi connectivity index (χ1) is 21.2. The highest BCUT2D eigenvalue weighted by Gasteiger charge is 2.19. The number of ether oxygens (including phenoxy) is 3. The Morgan fingerprint density at radius 1 is 1.00 bits per heavy atom. The van der Waals surface area contributed by atoms with Gasteiger partial charge >= 0.3 is 0 Å². The third kappa shape index (κ3) is 6.53. The molecule has 226 valence electrons. The number of aryl methyl sites for hydroxylation is 1. The number of para-hydroxylation sites is 1. The Morgan fingerprint density at radius 2 is 1.80 bits per heavy atom. The lowest BCUT2D eigenvalue weighted by molar-refractivity contribution is 0.284. The Bertz CT molecular complexity index is 1920. The van der Waals surface area contributed by atoms with Gasteiger partial charge in [0, 0.05) is 15.6 Å². The molecule has 0 atom stereocenters. The van der Waals surface area contributed by atoms with E-state index >= 15 is 0 Å². The molecule has 0 spiro atoms. The number of benzene rings is 4. The number of hydrogen-bond acceptors (Lipinski definition) is 6. The van der Waals surface area contributed by atoms with E-state index in [1.54, 1.807) is 36.5 Å². The van der Waals surface area contributed by atoms with Gasteiger partial charge in [-0.25, -0.2) is 9.37 Å². The average molecular weight is 659 g/mol. The minimum atomic E-state index is -0.329. The highest BCUT2D eigenvalue weighted by molar-refractivity contribution is 9.10. The second-order valence-electron chi connectivity index (χ2n) is 10.5. The Hall–Kier alpha value is -4.50. The van der Waals surface area contributed by atoms with Crippen LogP contribution in [0.4, 0.5) is 4.39 Å². The maximum Gasteiger partial charge on any atom is 0.282 e. The number of aromatic nitrogens is 2. The van der Waals surface area contributed by atoms with Gasteiger partial charge in [-0.1, -0.05) is 38.1 Å². The summed E-state index contributed by atoms with van der Waals surface area (Å²) >= 11 is 3.60. The van der Waals surface area contributed by atoms with Crippen LogP contribution < -0.4 is 19.8 Å². The van der Waals surface area contributed by atoms with Crippen molar-refractivity contribution in [2.24, 2.45) is 5.10 Å². The lowest BCUT2D eigenvalue weighted by Gasteiger charge is -2.18. The fraction of sp³-hybridized carbons (Fsp3) is 0.229. The van der Waals surface area contributed by atoms with Crippen molar-refractivity contribution in [3.63, 3.8) is 0 Å². The smallest absolute Gasteiger partial charge is 0.282 e. The number of halogens is 2. The first-order valence-electron chi connectivity index (χ1n) is 14.3. The standard InChI is InChI=1S/C35H33BrFN3O4/c1-6-43-31-14-22(4)28(17-27(31)21(2)3)34-39-30-13-8-7-12-26(30)35(41)40(34)38-19-24-16-32(42-5)33(18-29(24)36)44-20-23-10-9-11-25(37)15-23/h7-19,21H,6,20H2,1-5H3. The van der Waals surface area contributed by atoms with E-state index in [4.69, 9.17) is 19.2 Å². The molecule has 0 unspecified atom stereocenters. The molecule has 5 rings (SSSR count). The summed E-state index contributed by atoms with van der Waals surface area (Å²) in [4.78, 5) is 18.8. The third-order valence-electron chi connectivity index (χ3n) is 7.15. The predicted octanol–water partition coefficient (Wildman–Crippen LogP) is 8.27.